The molecule has 2 aliphatic carbocycles. The van der Waals surface area contributed by atoms with Gasteiger partial charge in [-0.1, -0.05) is 15.9 Å². The zero-order chi connectivity index (χ0) is 13.5. The van der Waals surface area contributed by atoms with Gasteiger partial charge < -0.3 is 14.6 Å². The van der Waals surface area contributed by atoms with E-state index in [9.17, 15) is 5.11 Å². The molecule has 3 nitrogen and oxygen atoms in total. The predicted molar refractivity (Wildman–Crippen MR) is 76.7 cm³/mol. The Morgan fingerprint density at radius 3 is 2.53 bits per heavy atom. The van der Waals surface area contributed by atoms with Crippen molar-refractivity contribution in [2.75, 3.05) is 7.11 Å². The van der Waals surface area contributed by atoms with Gasteiger partial charge in [0.1, 0.15) is 0 Å². The van der Waals surface area contributed by atoms with Gasteiger partial charge in [0.25, 0.3) is 0 Å². The first-order chi connectivity index (χ1) is 9.14. The van der Waals surface area contributed by atoms with Crippen LogP contribution in [0.4, 0.5) is 0 Å². The zero-order valence-corrected chi connectivity index (χ0v) is 12.7. The highest BCUT2D eigenvalue weighted by atomic mass is 79.9. The van der Waals surface area contributed by atoms with Crippen molar-refractivity contribution in [2.24, 2.45) is 0 Å². The van der Waals surface area contributed by atoms with Crippen LogP contribution in [0.3, 0.4) is 0 Å². The Bertz CT molecular complexity index is 477. The molecule has 104 valence electrons. The van der Waals surface area contributed by atoms with E-state index >= 15 is 0 Å². The van der Waals surface area contributed by atoms with Gasteiger partial charge in [-0.2, -0.15) is 0 Å². The third kappa shape index (κ3) is 2.48. The fraction of sp³-hybridized carbons (Fsp3) is 0.600. The van der Waals surface area contributed by atoms with Gasteiger partial charge in [0.05, 0.1) is 18.8 Å². The van der Waals surface area contributed by atoms with Crippen molar-refractivity contribution in [3.8, 4) is 11.5 Å². The van der Waals surface area contributed by atoms with E-state index in [1.807, 2.05) is 12.1 Å². The Balaban J connectivity index is 2.00. The molecule has 0 heterocycles. The molecule has 0 spiro atoms. The Hall–Kier alpha value is -0.740. The van der Waals surface area contributed by atoms with Crippen LogP contribution in [0.5, 0.6) is 11.5 Å². The molecule has 3 rings (SSSR count). The van der Waals surface area contributed by atoms with Crippen LogP contribution in [-0.4, -0.2) is 18.3 Å². The van der Waals surface area contributed by atoms with Gasteiger partial charge in [0, 0.05) is 10.0 Å². The molecular formula is C15H19BrO3. The second kappa shape index (κ2) is 4.98. The topological polar surface area (TPSA) is 38.7 Å². The molecule has 19 heavy (non-hydrogen) atoms. The summed E-state index contributed by atoms with van der Waals surface area (Å²) in [5.41, 5.74) is 0.125. The average Bonchev–Trinajstić information content (AvgIpc) is 2.91. The minimum Gasteiger partial charge on any atom is -0.493 e. The largest absolute Gasteiger partial charge is 0.493 e. The van der Waals surface area contributed by atoms with Crippen LogP contribution in [0.15, 0.2) is 16.6 Å². The van der Waals surface area contributed by atoms with Crippen molar-refractivity contribution in [3.05, 3.63) is 22.2 Å². The zero-order valence-electron chi connectivity index (χ0n) is 11.1. The molecule has 1 aromatic carbocycles. The fourth-order valence-corrected chi connectivity index (χ4v) is 3.47. The number of hydrogen-bond acceptors (Lipinski definition) is 3. The highest BCUT2D eigenvalue weighted by molar-refractivity contribution is 9.10. The lowest BCUT2D eigenvalue weighted by Crippen LogP contribution is -2.16. The van der Waals surface area contributed by atoms with Crippen molar-refractivity contribution in [2.45, 2.75) is 50.2 Å². The molecule has 1 N–H and O–H groups in total. The van der Waals surface area contributed by atoms with Gasteiger partial charge in [-0.05, 0) is 50.7 Å². The summed E-state index contributed by atoms with van der Waals surface area (Å²) >= 11 is 3.54. The molecule has 2 saturated carbocycles. The van der Waals surface area contributed by atoms with Gasteiger partial charge in [-0.25, -0.2) is 0 Å². The lowest BCUT2D eigenvalue weighted by atomic mass is 10.1. The van der Waals surface area contributed by atoms with Crippen LogP contribution in [0, 0.1) is 0 Å². The molecule has 0 aromatic heterocycles. The number of benzene rings is 1. The van der Waals surface area contributed by atoms with Crippen LogP contribution >= 0.6 is 15.9 Å². The first-order valence-electron chi connectivity index (χ1n) is 6.90. The van der Waals surface area contributed by atoms with E-state index in [4.69, 9.17) is 9.47 Å². The molecular weight excluding hydrogens is 308 g/mol. The molecule has 4 heteroatoms. The minimum absolute atomic E-state index is 0.254. The lowest BCUT2D eigenvalue weighted by Gasteiger charge is -2.22. The number of methoxy groups -OCH3 is 1. The number of rotatable bonds is 4. The summed E-state index contributed by atoms with van der Waals surface area (Å²) in [5.74, 6) is 1.44. The van der Waals surface area contributed by atoms with Gasteiger partial charge in [-0.3, -0.25) is 0 Å². The van der Waals surface area contributed by atoms with E-state index in [1.54, 1.807) is 7.11 Å². The molecule has 0 saturated heterocycles. The molecule has 2 aliphatic rings. The monoisotopic (exact) mass is 326 g/mol. The Kier molecular flexibility index (Phi) is 3.48. The van der Waals surface area contributed by atoms with Crippen LogP contribution in [0.1, 0.15) is 44.1 Å². The molecule has 1 aromatic rings. The van der Waals surface area contributed by atoms with E-state index in [2.05, 4.69) is 15.9 Å². The number of ether oxygens (including phenoxy) is 2. The summed E-state index contributed by atoms with van der Waals surface area (Å²) in [4.78, 5) is 0. The van der Waals surface area contributed by atoms with E-state index in [0.29, 0.717) is 5.75 Å². The first kappa shape index (κ1) is 13.3. The lowest BCUT2D eigenvalue weighted by molar-refractivity contribution is 0.135. The fourth-order valence-electron chi connectivity index (χ4n) is 2.79. The highest BCUT2D eigenvalue weighted by Crippen LogP contribution is 2.54. The van der Waals surface area contributed by atoms with E-state index in [0.717, 1.165) is 41.5 Å². The summed E-state index contributed by atoms with van der Waals surface area (Å²) in [6, 6.07) is 3.82. The van der Waals surface area contributed by atoms with Gasteiger partial charge in [0.15, 0.2) is 11.5 Å². The SMILES string of the molecule is COc1ccc(Br)c(C2(O)CC2)c1OC1CCCC1. The second-order valence-corrected chi connectivity index (χ2v) is 6.36. The second-order valence-electron chi connectivity index (χ2n) is 5.51. The Labute approximate surface area is 122 Å². The first-order valence-corrected chi connectivity index (χ1v) is 7.69. The minimum atomic E-state index is -0.735. The predicted octanol–water partition coefficient (Wildman–Crippen LogP) is 3.76. The standard InChI is InChI=1S/C15H19BrO3/c1-18-12-7-6-11(16)13(15(17)8-9-15)14(12)19-10-4-2-3-5-10/h6-7,10,17H,2-5,8-9H2,1H3. The van der Waals surface area contributed by atoms with Crippen LogP contribution in [0.25, 0.3) is 0 Å². The van der Waals surface area contributed by atoms with Crippen molar-refractivity contribution in [3.63, 3.8) is 0 Å². The Morgan fingerprint density at radius 2 is 1.95 bits per heavy atom. The molecule has 2 fully saturated rings. The summed E-state index contributed by atoms with van der Waals surface area (Å²) in [6.45, 7) is 0. The Morgan fingerprint density at radius 1 is 1.26 bits per heavy atom. The van der Waals surface area contributed by atoms with Crippen molar-refractivity contribution in [1.29, 1.82) is 0 Å². The maximum absolute atomic E-state index is 10.5. The van der Waals surface area contributed by atoms with E-state index in [-0.39, 0.29) is 6.10 Å². The van der Waals surface area contributed by atoms with Gasteiger partial charge in [0.2, 0.25) is 0 Å². The number of hydrogen-bond donors (Lipinski definition) is 1. The van der Waals surface area contributed by atoms with Crippen LogP contribution in [0.2, 0.25) is 0 Å². The smallest absolute Gasteiger partial charge is 0.168 e. The molecule has 0 bridgehead atoms. The number of halogens is 1. The normalized spacial score (nSPS) is 21.4. The van der Waals surface area contributed by atoms with E-state index in [1.165, 1.54) is 12.8 Å². The van der Waals surface area contributed by atoms with Crippen LogP contribution < -0.4 is 9.47 Å². The summed E-state index contributed by atoms with van der Waals surface area (Å²) in [5, 5.41) is 10.5. The van der Waals surface area contributed by atoms with Gasteiger partial charge >= 0.3 is 0 Å². The molecule has 0 aliphatic heterocycles. The molecule has 0 atom stereocenters. The van der Waals surface area contributed by atoms with Crippen LogP contribution in [-0.2, 0) is 5.60 Å². The number of aliphatic hydroxyl groups is 1. The quantitative estimate of drug-likeness (QED) is 0.915. The maximum Gasteiger partial charge on any atom is 0.168 e. The van der Waals surface area contributed by atoms with Crippen molar-refractivity contribution in [1.82, 2.24) is 0 Å². The maximum atomic E-state index is 10.5. The van der Waals surface area contributed by atoms with Crippen molar-refractivity contribution < 1.29 is 14.6 Å². The molecule has 0 unspecified atom stereocenters. The molecule has 0 radical (unpaired) electrons. The summed E-state index contributed by atoms with van der Waals surface area (Å²) in [6.07, 6.45) is 6.46. The van der Waals surface area contributed by atoms with E-state index < -0.39 is 5.60 Å². The summed E-state index contributed by atoms with van der Waals surface area (Å²) < 4.78 is 12.5. The average molecular weight is 327 g/mol. The summed E-state index contributed by atoms with van der Waals surface area (Å²) in [7, 11) is 1.64. The third-order valence-corrected chi connectivity index (χ3v) is 4.73. The third-order valence-electron chi connectivity index (χ3n) is 4.07. The highest BCUT2D eigenvalue weighted by Gasteiger charge is 2.46. The van der Waals surface area contributed by atoms with Gasteiger partial charge in [-0.15, -0.1) is 0 Å². The molecule has 0 amide bonds. The van der Waals surface area contributed by atoms with Crippen molar-refractivity contribution >= 4 is 15.9 Å².